The molecule has 1 amide bonds. The van der Waals surface area contributed by atoms with Crippen molar-refractivity contribution in [2.24, 2.45) is 0 Å². The smallest absolute Gasteiger partial charge is 0.241 e. The van der Waals surface area contributed by atoms with Gasteiger partial charge in [-0.1, -0.05) is 36.4 Å². The molecule has 186 valence electrons. The van der Waals surface area contributed by atoms with E-state index in [0.29, 0.717) is 31.0 Å². The van der Waals surface area contributed by atoms with Crippen molar-refractivity contribution in [3.05, 3.63) is 63.7 Å². The molecule has 34 heavy (non-hydrogen) atoms. The highest BCUT2D eigenvalue weighted by Crippen LogP contribution is 2.24. The molecular formula is C25H35ClN4O3S. The van der Waals surface area contributed by atoms with Gasteiger partial charge in [-0.15, -0.1) is 0 Å². The Hall–Kier alpha value is -2.13. The Labute approximate surface area is 208 Å². The summed E-state index contributed by atoms with van der Waals surface area (Å²) in [6.45, 7) is 6.97. The number of benzene rings is 1. The van der Waals surface area contributed by atoms with Gasteiger partial charge in [0.25, 0.3) is 0 Å². The lowest BCUT2D eigenvalue weighted by Crippen LogP contribution is -2.53. The number of hydrogen-bond donors (Lipinski definition) is 1. The largest absolute Gasteiger partial charge is 0.377 e. The van der Waals surface area contributed by atoms with Crippen molar-refractivity contribution in [1.29, 1.82) is 0 Å². The normalized spacial score (nSPS) is 18.5. The summed E-state index contributed by atoms with van der Waals surface area (Å²) in [6.07, 6.45) is 7.68. The average molecular weight is 507 g/mol. The zero-order valence-corrected chi connectivity index (χ0v) is 21.8. The molecule has 1 N–H and O–H groups in total. The van der Waals surface area contributed by atoms with Gasteiger partial charge in [-0.05, 0) is 75.7 Å². The topological polar surface area (TPSA) is 73.0 Å². The second-order valence-electron chi connectivity index (χ2n) is 9.21. The van der Waals surface area contributed by atoms with E-state index in [0.717, 1.165) is 42.8 Å². The number of fused-ring (bicyclic) bond motifs is 1. The van der Waals surface area contributed by atoms with Crippen LogP contribution >= 0.6 is 11.6 Å². The van der Waals surface area contributed by atoms with Crippen molar-refractivity contribution in [2.75, 3.05) is 47.3 Å². The number of hydrogen-bond acceptors (Lipinski definition) is 5. The van der Waals surface area contributed by atoms with Gasteiger partial charge in [0.1, 0.15) is 6.04 Å². The van der Waals surface area contributed by atoms with E-state index in [-0.39, 0.29) is 10.8 Å². The van der Waals surface area contributed by atoms with Gasteiger partial charge in [0, 0.05) is 30.9 Å². The minimum absolute atomic E-state index is 0.162. The molecular weight excluding hydrogens is 472 g/mol. The number of carbonyl (C=O) groups is 1. The number of likely N-dealkylation sites (tertiary alicyclic amines) is 1. The fraction of sp³-hybridized carbons (Fsp3) is 0.480. The molecule has 0 radical (unpaired) electrons. The molecule has 1 atom stereocenters. The highest BCUT2D eigenvalue weighted by molar-refractivity contribution is 7.93. The van der Waals surface area contributed by atoms with Crippen LogP contribution in [0.15, 0.2) is 47.5 Å². The van der Waals surface area contributed by atoms with Gasteiger partial charge < -0.3 is 14.7 Å². The van der Waals surface area contributed by atoms with Crippen molar-refractivity contribution in [3.63, 3.8) is 0 Å². The number of halogens is 1. The van der Waals surface area contributed by atoms with E-state index in [1.807, 2.05) is 33.3 Å². The Kier molecular flexibility index (Phi) is 8.98. The lowest BCUT2D eigenvalue weighted by atomic mass is 10.1. The molecule has 1 aromatic carbocycles. The summed E-state index contributed by atoms with van der Waals surface area (Å²) in [5.74, 6) is -0.203. The summed E-state index contributed by atoms with van der Waals surface area (Å²) in [5, 5.41) is 0.602. The molecule has 0 spiro atoms. The van der Waals surface area contributed by atoms with E-state index < -0.39 is 16.1 Å². The zero-order chi connectivity index (χ0) is 24.9. The third-order valence-corrected chi connectivity index (χ3v) is 7.96. The molecule has 1 saturated heterocycles. The zero-order valence-electron chi connectivity index (χ0n) is 20.3. The van der Waals surface area contributed by atoms with Gasteiger partial charge in [-0.25, -0.2) is 8.42 Å². The van der Waals surface area contributed by atoms with Gasteiger partial charge in [-0.3, -0.25) is 4.79 Å². The van der Waals surface area contributed by atoms with E-state index in [1.54, 1.807) is 29.2 Å². The predicted molar refractivity (Wildman–Crippen MR) is 139 cm³/mol. The Morgan fingerprint density at radius 1 is 1.24 bits per heavy atom. The molecule has 7 nitrogen and oxygen atoms in total. The minimum Gasteiger partial charge on any atom is -0.377 e. The van der Waals surface area contributed by atoms with Crippen molar-refractivity contribution in [1.82, 2.24) is 19.4 Å². The van der Waals surface area contributed by atoms with Crippen LogP contribution in [0, 0.1) is 0 Å². The monoisotopic (exact) mass is 506 g/mol. The van der Waals surface area contributed by atoms with E-state index >= 15 is 0 Å². The molecule has 1 heterocycles. The number of nitrogens with one attached hydrogen (secondary N) is 1. The van der Waals surface area contributed by atoms with Crippen LogP contribution in [0.1, 0.15) is 30.4 Å². The fourth-order valence-corrected chi connectivity index (χ4v) is 5.60. The Morgan fingerprint density at radius 2 is 2.00 bits per heavy atom. The third kappa shape index (κ3) is 6.95. The highest BCUT2D eigenvalue weighted by atomic mass is 35.5. The minimum atomic E-state index is -3.85. The van der Waals surface area contributed by atoms with E-state index in [4.69, 9.17) is 11.6 Å². The number of allylic oxidation sites excluding steroid dienone is 2. The average Bonchev–Trinajstić information content (AvgIpc) is 2.98. The SMILES string of the molecule is C=C(CN1CCC[C@H](NS(=O)(=O)C2=CCc3ccc(Cl)cc3C=C2)C1=O)N(C)CCCN(C)C. The van der Waals surface area contributed by atoms with E-state index in [1.165, 1.54) is 0 Å². The number of sulfonamides is 1. The first kappa shape index (κ1) is 26.5. The lowest BCUT2D eigenvalue weighted by Gasteiger charge is -2.35. The summed E-state index contributed by atoms with van der Waals surface area (Å²) in [5.41, 5.74) is 2.74. The van der Waals surface area contributed by atoms with Crippen LogP contribution in [0.5, 0.6) is 0 Å². The van der Waals surface area contributed by atoms with Crippen LogP contribution in [0.4, 0.5) is 0 Å². The summed E-state index contributed by atoms with van der Waals surface area (Å²) >= 11 is 6.07. The van der Waals surface area contributed by atoms with E-state index in [2.05, 4.69) is 21.1 Å². The Morgan fingerprint density at radius 3 is 2.74 bits per heavy atom. The summed E-state index contributed by atoms with van der Waals surface area (Å²) in [6, 6.07) is 4.73. The van der Waals surface area contributed by atoms with Crippen LogP contribution in [-0.4, -0.2) is 82.4 Å². The molecule has 0 bridgehead atoms. The van der Waals surface area contributed by atoms with Gasteiger partial charge in [0.15, 0.2) is 0 Å². The number of rotatable bonds is 10. The second-order valence-corrected chi connectivity index (χ2v) is 11.4. The maximum absolute atomic E-state index is 13.1. The summed E-state index contributed by atoms with van der Waals surface area (Å²) in [4.78, 5) is 19.2. The molecule has 1 aliphatic carbocycles. The quantitative estimate of drug-likeness (QED) is 0.528. The maximum atomic E-state index is 13.1. The molecule has 0 unspecified atom stereocenters. The molecule has 0 saturated carbocycles. The van der Waals surface area contributed by atoms with Crippen molar-refractivity contribution < 1.29 is 13.2 Å². The highest BCUT2D eigenvalue weighted by Gasteiger charge is 2.33. The number of carbonyl (C=O) groups excluding carboxylic acids is 1. The molecule has 2 aliphatic rings. The first-order valence-electron chi connectivity index (χ1n) is 11.6. The second kappa shape index (κ2) is 11.5. The lowest BCUT2D eigenvalue weighted by molar-refractivity contribution is -0.135. The standard InChI is InChI=1S/C25H35ClN4O3S/c1-19(29(4)15-6-14-28(2)3)18-30-16-5-7-24(25(30)31)27-34(32,33)23-12-9-20-8-11-22(26)17-21(20)10-13-23/h8,10-13,17,24,27H,1,5-7,9,14-16,18H2,2-4H3/t24-/m0/s1. The molecule has 3 rings (SSSR count). The van der Waals surface area contributed by atoms with Crippen LogP contribution in [-0.2, 0) is 21.2 Å². The van der Waals surface area contributed by atoms with Gasteiger partial charge in [0.2, 0.25) is 15.9 Å². The predicted octanol–water partition coefficient (Wildman–Crippen LogP) is 3.10. The Balaban J connectivity index is 1.62. The van der Waals surface area contributed by atoms with Crippen LogP contribution < -0.4 is 4.72 Å². The number of amides is 1. The first-order valence-corrected chi connectivity index (χ1v) is 13.4. The third-order valence-electron chi connectivity index (χ3n) is 6.21. The Bertz CT molecular complexity index is 1080. The number of likely N-dealkylation sites (N-methyl/N-ethyl adjacent to an activating group) is 1. The van der Waals surface area contributed by atoms with Gasteiger partial charge in [-0.2, -0.15) is 4.72 Å². The van der Waals surface area contributed by atoms with Gasteiger partial charge >= 0.3 is 0 Å². The van der Waals surface area contributed by atoms with E-state index in [9.17, 15) is 13.2 Å². The fourth-order valence-electron chi connectivity index (χ4n) is 4.14. The molecule has 1 aliphatic heterocycles. The molecule has 1 fully saturated rings. The van der Waals surface area contributed by atoms with Crippen LogP contribution in [0.3, 0.4) is 0 Å². The van der Waals surface area contributed by atoms with Crippen LogP contribution in [0.25, 0.3) is 6.08 Å². The summed E-state index contributed by atoms with van der Waals surface area (Å²) < 4.78 is 28.9. The first-order chi connectivity index (χ1) is 16.1. The molecule has 0 aromatic heterocycles. The van der Waals surface area contributed by atoms with Crippen molar-refractivity contribution >= 4 is 33.6 Å². The molecule has 9 heteroatoms. The number of nitrogens with zero attached hydrogens (tertiary/aromatic N) is 3. The van der Waals surface area contributed by atoms with Crippen molar-refractivity contribution in [3.8, 4) is 0 Å². The number of piperidine rings is 1. The van der Waals surface area contributed by atoms with Gasteiger partial charge in [0.05, 0.1) is 11.4 Å². The summed E-state index contributed by atoms with van der Waals surface area (Å²) in [7, 11) is 2.20. The molecule has 1 aromatic rings. The van der Waals surface area contributed by atoms with Crippen LogP contribution in [0.2, 0.25) is 5.02 Å². The maximum Gasteiger partial charge on any atom is 0.241 e. The van der Waals surface area contributed by atoms with Crippen molar-refractivity contribution in [2.45, 2.75) is 31.7 Å².